The number of hydrogen-bond acceptors (Lipinski definition) is 5. The number of rotatable bonds is 6. The standard InChI is InChI=1S/C15H21N3O5/c1-10(2)5-16-11(19)17(6-14(3)8-22-14)13(21)18(12(16)20)7-15(4)9-23-15/h1,5-9H2,2-4H3. The van der Waals surface area contributed by atoms with Crippen LogP contribution in [0.5, 0.6) is 0 Å². The van der Waals surface area contributed by atoms with Crippen molar-refractivity contribution in [2.45, 2.75) is 51.6 Å². The lowest BCUT2D eigenvalue weighted by atomic mass is 10.2. The number of nitrogens with zero attached hydrogens (tertiary/aromatic N) is 3. The molecule has 3 rings (SSSR count). The predicted octanol–water partition coefficient (Wildman–Crippen LogP) is -0.674. The van der Waals surface area contributed by atoms with Crippen LogP contribution < -0.4 is 17.1 Å². The summed E-state index contributed by atoms with van der Waals surface area (Å²) in [4.78, 5) is 37.8. The van der Waals surface area contributed by atoms with Gasteiger partial charge in [0.15, 0.2) is 0 Å². The molecule has 2 saturated heterocycles. The van der Waals surface area contributed by atoms with Crippen LogP contribution in [0.4, 0.5) is 0 Å². The molecule has 8 heteroatoms. The first-order valence-corrected chi connectivity index (χ1v) is 7.51. The van der Waals surface area contributed by atoms with Crippen molar-refractivity contribution in [3.63, 3.8) is 0 Å². The molecule has 0 aliphatic carbocycles. The predicted molar refractivity (Wildman–Crippen MR) is 82.8 cm³/mol. The first-order valence-electron chi connectivity index (χ1n) is 7.51. The van der Waals surface area contributed by atoms with Crippen LogP contribution >= 0.6 is 0 Å². The van der Waals surface area contributed by atoms with Crippen molar-refractivity contribution in [2.24, 2.45) is 0 Å². The van der Waals surface area contributed by atoms with Crippen molar-refractivity contribution in [1.29, 1.82) is 0 Å². The van der Waals surface area contributed by atoms with Gasteiger partial charge in [0, 0.05) is 0 Å². The number of aromatic nitrogens is 3. The minimum Gasteiger partial charge on any atom is -0.368 e. The van der Waals surface area contributed by atoms with Gasteiger partial charge < -0.3 is 9.47 Å². The fraction of sp³-hybridized carbons (Fsp3) is 0.667. The highest BCUT2D eigenvalue weighted by Gasteiger charge is 2.43. The molecule has 2 unspecified atom stereocenters. The molecule has 126 valence electrons. The van der Waals surface area contributed by atoms with E-state index < -0.39 is 28.3 Å². The maximum absolute atomic E-state index is 12.6. The summed E-state index contributed by atoms with van der Waals surface area (Å²) in [6, 6.07) is 0. The highest BCUT2D eigenvalue weighted by atomic mass is 16.6. The molecule has 1 aromatic heterocycles. The van der Waals surface area contributed by atoms with Crippen molar-refractivity contribution in [1.82, 2.24) is 13.7 Å². The molecule has 2 atom stereocenters. The van der Waals surface area contributed by atoms with Gasteiger partial charge in [0.1, 0.15) is 11.2 Å². The maximum Gasteiger partial charge on any atom is 0.336 e. The van der Waals surface area contributed by atoms with Gasteiger partial charge in [0.2, 0.25) is 0 Å². The molecule has 1 aromatic rings. The first kappa shape index (κ1) is 15.9. The third-order valence-electron chi connectivity index (χ3n) is 4.07. The van der Waals surface area contributed by atoms with Crippen molar-refractivity contribution < 1.29 is 9.47 Å². The summed E-state index contributed by atoms with van der Waals surface area (Å²) in [5.74, 6) is 0. The molecule has 2 aliphatic rings. The van der Waals surface area contributed by atoms with Gasteiger partial charge in [-0.25, -0.2) is 28.1 Å². The summed E-state index contributed by atoms with van der Waals surface area (Å²) < 4.78 is 13.7. The van der Waals surface area contributed by atoms with E-state index in [4.69, 9.17) is 9.47 Å². The lowest BCUT2D eigenvalue weighted by Crippen LogP contribution is -2.56. The molecule has 0 saturated carbocycles. The van der Waals surface area contributed by atoms with Crippen LogP contribution in [0.25, 0.3) is 0 Å². The smallest absolute Gasteiger partial charge is 0.336 e. The Kier molecular flexibility index (Phi) is 3.49. The summed E-state index contributed by atoms with van der Waals surface area (Å²) >= 11 is 0. The van der Waals surface area contributed by atoms with E-state index in [0.29, 0.717) is 18.8 Å². The van der Waals surface area contributed by atoms with E-state index in [1.807, 2.05) is 13.8 Å². The van der Waals surface area contributed by atoms with Crippen molar-refractivity contribution >= 4 is 0 Å². The van der Waals surface area contributed by atoms with E-state index in [2.05, 4.69) is 6.58 Å². The molecule has 23 heavy (non-hydrogen) atoms. The van der Waals surface area contributed by atoms with Gasteiger partial charge in [-0.1, -0.05) is 12.2 Å². The highest BCUT2D eigenvalue weighted by molar-refractivity contribution is 4.96. The Morgan fingerprint density at radius 2 is 1.30 bits per heavy atom. The lowest BCUT2D eigenvalue weighted by Gasteiger charge is -2.16. The van der Waals surface area contributed by atoms with E-state index >= 15 is 0 Å². The zero-order valence-electron chi connectivity index (χ0n) is 13.6. The minimum absolute atomic E-state index is 0.0765. The van der Waals surface area contributed by atoms with Crippen molar-refractivity contribution in [2.75, 3.05) is 13.2 Å². The Labute approximate surface area is 132 Å². The Balaban J connectivity index is 2.15. The Morgan fingerprint density at radius 1 is 0.957 bits per heavy atom. The molecular formula is C15H21N3O5. The van der Waals surface area contributed by atoms with Crippen LogP contribution in [-0.2, 0) is 29.1 Å². The van der Waals surface area contributed by atoms with Crippen LogP contribution in [0, 0.1) is 0 Å². The fourth-order valence-corrected chi connectivity index (χ4v) is 2.46. The summed E-state index contributed by atoms with van der Waals surface area (Å²) in [6.07, 6.45) is 0. The van der Waals surface area contributed by atoms with E-state index in [9.17, 15) is 14.4 Å². The summed E-state index contributed by atoms with van der Waals surface area (Å²) in [5, 5.41) is 0. The van der Waals surface area contributed by atoms with Gasteiger partial charge in [0.25, 0.3) is 0 Å². The van der Waals surface area contributed by atoms with E-state index in [0.717, 1.165) is 13.7 Å². The van der Waals surface area contributed by atoms with Gasteiger partial charge in [0.05, 0.1) is 32.8 Å². The molecular weight excluding hydrogens is 302 g/mol. The summed E-state index contributed by atoms with van der Waals surface area (Å²) in [7, 11) is 0. The Hall–Kier alpha value is -1.93. The van der Waals surface area contributed by atoms with Gasteiger partial charge >= 0.3 is 17.1 Å². The topological polar surface area (TPSA) is 91.1 Å². The minimum atomic E-state index is -0.627. The second-order valence-corrected chi connectivity index (χ2v) is 7.04. The fourth-order valence-electron chi connectivity index (χ4n) is 2.46. The normalized spacial score (nSPS) is 28.7. The van der Waals surface area contributed by atoms with Gasteiger partial charge in [-0.3, -0.25) is 0 Å². The molecule has 0 bridgehead atoms. The number of ether oxygens (including phenoxy) is 2. The van der Waals surface area contributed by atoms with Gasteiger partial charge in [-0.15, -0.1) is 0 Å². The molecule has 0 N–H and O–H groups in total. The maximum atomic E-state index is 12.6. The number of allylic oxidation sites excluding steroid dienone is 1. The quantitative estimate of drug-likeness (QED) is 0.511. The van der Waals surface area contributed by atoms with Crippen LogP contribution in [0.15, 0.2) is 26.5 Å². The average molecular weight is 323 g/mol. The van der Waals surface area contributed by atoms with Crippen LogP contribution in [-0.4, -0.2) is 38.1 Å². The van der Waals surface area contributed by atoms with Crippen LogP contribution in [0.1, 0.15) is 20.8 Å². The molecule has 3 heterocycles. The third kappa shape index (κ3) is 3.09. The first-order chi connectivity index (χ1) is 10.6. The SMILES string of the molecule is C=C(C)Cn1c(=O)n(CC2(C)CO2)c(=O)n(CC2(C)CO2)c1=O. The number of epoxide rings is 2. The molecule has 0 amide bonds. The monoisotopic (exact) mass is 323 g/mol. The second kappa shape index (κ2) is 5.04. The van der Waals surface area contributed by atoms with Crippen LogP contribution in [0.3, 0.4) is 0 Å². The summed E-state index contributed by atoms with van der Waals surface area (Å²) in [5.41, 5.74) is -2.26. The van der Waals surface area contributed by atoms with Crippen molar-refractivity contribution in [3.8, 4) is 0 Å². The summed E-state index contributed by atoms with van der Waals surface area (Å²) in [6.45, 7) is 10.4. The molecule has 0 aromatic carbocycles. The van der Waals surface area contributed by atoms with E-state index in [-0.39, 0.29) is 19.6 Å². The van der Waals surface area contributed by atoms with Gasteiger partial charge in [-0.05, 0) is 20.8 Å². The molecule has 0 spiro atoms. The van der Waals surface area contributed by atoms with Crippen molar-refractivity contribution in [3.05, 3.63) is 43.6 Å². The highest BCUT2D eigenvalue weighted by Crippen LogP contribution is 2.27. The molecule has 2 fully saturated rings. The third-order valence-corrected chi connectivity index (χ3v) is 4.07. The Bertz CT molecular complexity index is 778. The molecule has 8 nitrogen and oxygen atoms in total. The zero-order chi connectivity index (χ0) is 17.0. The molecule has 2 aliphatic heterocycles. The zero-order valence-corrected chi connectivity index (χ0v) is 13.6. The van der Waals surface area contributed by atoms with E-state index in [1.54, 1.807) is 6.92 Å². The lowest BCUT2D eigenvalue weighted by molar-refractivity contribution is 0.262. The van der Waals surface area contributed by atoms with E-state index in [1.165, 1.54) is 0 Å². The van der Waals surface area contributed by atoms with Gasteiger partial charge in [-0.2, -0.15) is 0 Å². The van der Waals surface area contributed by atoms with Crippen LogP contribution in [0.2, 0.25) is 0 Å². The average Bonchev–Trinajstić information content (AvgIpc) is 3.37. The Morgan fingerprint density at radius 3 is 1.61 bits per heavy atom. The number of hydrogen-bond donors (Lipinski definition) is 0. The second-order valence-electron chi connectivity index (χ2n) is 7.04. The largest absolute Gasteiger partial charge is 0.368 e. The molecule has 0 radical (unpaired) electrons.